The quantitative estimate of drug-likeness (QED) is 0.453. The van der Waals surface area contributed by atoms with Gasteiger partial charge in [-0.25, -0.2) is 0 Å². The average Bonchev–Trinajstić information content (AvgIpc) is 2.51. The molecular weight excluding hydrogens is 280 g/mol. The molecule has 0 spiro atoms. The molecule has 0 aliphatic rings. The first-order valence-electron chi connectivity index (χ1n) is 7.58. The Labute approximate surface area is 131 Å². The summed E-state index contributed by atoms with van der Waals surface area (Å²) in [6.07, 6.45) is 2.77. The molecule has 0 bridgehead atoms. The number of nitrogens with one attached hydrogen (secondary N) is 2. The van der Waals surface area contributed by atoms with Gasteiger partial charge in [-0.05, 0) is 32.0 Å². The molecule has 6 N–H and O–H groups in total. The lowest BCUT2D eigenvalue weighted by molar-refractivity contribution is -0.128. The first-order valence-corrected chi connectivity index (χ1v) is 7.58. The van der Waals surface area contributed by atoms with Crippen LogP contribution in [0, 0.1) is 0 Å². The van der Waals surface area contributed by atoms with E-state index in [2.05, 4.69) is 10.6 Å². The van der Waals surface area contributed by atoms with Gasteiger partial charge in [0, 0.05) is 6.42 Å². The third-order valence-corrected chi connectivity index (χ3v) is 3.47. The van der Waals surface area contributed by atoms with Crippen molar-refractivity contribution in [2.75, 3.05) is 13.6 Å². The minimum atomic E-state index is -0.738. The van der Waals surface area contributed by atoms with Gasteiger partial charge in [-0.15, -0.1) is 0 Å². The van der Waals surface area contributed by atoms with E-state index in [9.17, 15) is 9.59 Å². The zero-order chi connectivity index (χ0) is 16.4. The van der Waals surface area contributed by atoms with Crippen LogP contribution in [0.3, 0.4) is 0 Å². The molecule has 0 fully saturated rings. The summed E-state index contributed by atoms with van der Waals surface area (Å²) >= 11 is 0. The Bertz CT molecular complexity index is 464. The van der Waals surface area contributed by atoms with Crippen molar-refractivity contribution in [3.05, 3.63) is 35.9 Å². The predicted molar refractivity (Wildman–Crippen MR) is 87.0 cm³/mol. The minimum absolute atomic E-state index is 0.329. The fourth-order valence-electron chi connectivity index (χ4n) is 2.15. The molecule has 0 unspecified atom stereocenters. The number of hydrogen-bond acceptors (Lipinski definition) is 4. The number of benzene rings is 1. The van der Waals surface area contributed by atoms with Crippen LogP contribution in [0.25, 0.3) is 0 Å². The second-order valence-electron chi connectivity index (χ2n) is 5.36. The fraction of sp³-hybridized carbons (Fsp3) is 0.500. The Morgan fingerprint density at radius 2 is 1.86 bits per heavy atom. The third-order valence-electron chi connectivity index (χ3n) is 3.47. The second kappa shape index (κ2) is 9.92. The SMILES string of the molecule is CNCCCC[C@H](N)C(=O)N[C@@H](Cc1ccccc1)C(N)=O. The lowest BCUT2D eigenvalue weighted by Gasteiger charge is -2.18. The van der Waals surface area contributed by atoms with Gasteiger partial charge >= 0.3 is 0 Å². The number of primary amides is 1. The lowest BCUT2D eigenvalue weighted by Crippen LogP contribution is -2.51. The van der Waals surface area contributed by atoms with Crippen LogP contribution in [0.2, 0.25) is 0 Å². The topological polar surface area (TPSA) is 110 Å². The summed E-state index contributed by atoms with van der Waals surface area (Å²) in [7, 11) is 1.88. The molecule has 6 nitrogen and oxygen atoms in total. The van der Waals surface area contributed by atoms with Crippen molar-refractivity contribution in [2.24, 2.45) is 11.5 Å². The van der Waals surface area contributed by atoms with Crippen molar-refractivity contribution >= 4 is 11.8 Å². The van der Waals surface area contributed by atoms with E-state index in [1.165, 1.54) is 0 Å². The highest BCUT2D eigenvalue weighted by molar-refractivity contribution is 5.89. The van der Waals surface area contributed by atoms with Gasteiger partial charge in [0.1, 0.15) is 6.04 Å². The lowest BCUT2D eigenvalue weighted by atomic mass is 10.0. The third kappa shape index (κ3) is 6.69. The zero-order valence-electron chi connectivity index (χ0n) is 13.0. The zero-order valence-corrected chi connectivity index (χ0v) is 13.0. The predicted octanol–water partition coefficient (Wildman–Crippen LogP) is -0.0838. The van der Waals surface area contributed by atoms with Gasteiger partial charge in [0.15, 0.2) is 0 Å². The molecule has 0 aromatic heterocycles. The first-order chi connectivity index (χ1) is 10.5. The highest BCUT2D eigenvalue weighted by atomic mass is 16.2. The van der Waals surface area contributed by atoms with Gasteiger partial charge in [0.25, 0.3) is 0 Å². The second-order valence-corrected chi connectivity index (χ2v) is 5.36. The van der Waals surface area contributed by atoms with Crippen LogP contribution < -0.4 is 22.1 Å². The summed E-state index contributed by atoms with van der Waals surface area (Å²) in [5.41, 5.74) is 12.2. The Morgan fingerprint density at radius 3 is 2.45 bits per heavy atom. The molecule has 1 rings (SSSR count). The maximum Gasteiger partial charge on any atom is 0.240 e. The van der Waals surface area contributed by atoms with Crippen LogP contribution in [-0.2, 0) is 16.0 Å². The maximum atomic E-state index is 12.1. The van der Waals surface area contributed by atoms with E-state index in [4.69, 9.17) is 11.5 Å². The molecule has 122 valence electrons. The Balaban J connectivity index is 2.48. The molecule has 0 saturated carbocycles. The first kappa shape index (κ1) is 18.1. The van der Waals surface area contributed by atoms with Crippen LogP contribution in [0.5, 0.6) is 0 Å². The van der Waals surface area contributed by atoms with Gasteiger partial charge in [0.2, 0.25) is 11.8 Å². The number of unbranched alkanes of at least 4 members (excludes halogenated alkanes) is 1. The molecule has 6 heteroatoms. The van der Waals surface area contributed by atoms with Crippen molar-refractivity contribution < 1.29 is 9.59 Å². The van der Waals surface area contributed by atoms with Crippen molar-refractivity contribution in [1.82, 2.24) is 10.6 Å². The Kier molecular flexibility index (Phi) is 8.17. The summed E-state index contributed by atoms with van der Waals surface area (Å²) in [5, 5.41) is 5.69. The van der Waals surface area contributed by atoms with Crippen LogP contribution in [-0.4, -0.2) is 37.5 Å². The monoisotopic (exact) mass is 306 g/mol. The molecule has 2 atom stereocenters. The van der Waals surface area contributed by atoms with Crippen LogP contribution >= 0.6 is 0 Å². The van der Waals surface area contributed by atoms with E-state index in [1.807, 2.05) is 37.4 Å². The largest absolute Gasteiger partial charge is 0.368 e. The number of rotatable bonds is 10. The fourth-order valence-corrected chi connectivity index (χ4v) is 2.15. The number of carbonyl (C=O) groups excluding carboxylic acids is 2. The highest BCUT2D eigenvalue weighted by Gasteiger charge is 2.21. The highest BCUT2D eigenvalue weighted by Crippen LogP contribution is 2.04. The molecule has 2 amide bonds. The van der Waals surface area contributed by atoms with Crippen LogP contribution in [0.15, 0.2) is 30.3 Å². The van der Waals surface area contributed by atoms with E-state index in [0.717, 1.165) is 24.9 Å². The Hall–Kier alpha value is -1.92. The van der Waals surface area contributed by atoms with E-state index in [0.29, 0.717) is 12.8 Å². The molecule has 1 aromatic rings. The summed E-state index contributed by atoms with van der Waals surface area (Å²) in [6.45, 7) is 0.895. The number of amides is 2. The summed E-state index contributed by atoms with van der Waals surface area (Å²) in [6, 6.07) is 8.07. The van der Waals surface area contributed by atoms with Gasteiger partial charge in [-0.1, -0.05) is 36.8 Å². The van der Waals surface area contributed by atoms with Gasteiger partial charge in [0.05, 0.1) is 6.04 Å². The molecule has 1 aromatic carbocycles. The maximum absolute atomic E-state index is 12.1. The molecule has 0 aliphatic heterocycles. The summed E-state index contributed by atoms with van der Waals surface area (Å²) < 4.78 is 0. The van der Waals surface area contributed by atoms with E-state index < -0.39 is 18.0 Å². The van der Waals surface area contributed by atoms with Crippen molar-refractivity contribution in [1.29, 1.82) is 0 Å². The van der Waals surface area contributed by atoms with Gasteiger partial charge < -0.3 is 22.1 Å². The number of carbonyl (C=O) groups is 2. The molecule has 0 aliphatic carbocycles. The van der Waals surface area contributed by atoms with Crippen molar-refractivity contribution in [3.63, 3.8) is 0 Å². The number of hydrogen-bond donors (Lipinski definition) is 4. The summed E-state index contributed by atoms with van der Waals surface area (Å²) in [5.74, 6) is -0.885. The van der Waals surface area contributed by atoms with Crippen molar-refractivity contribution in [2.45, 2.75) is 37.8 Å². The minimum Gasteiger partial charge on any atom is -0.368 e. The average molecular weight is 306 g/mol. The van der Waals surface area contributed by atoms with Crippen molar-refractivity contribution in [3.8, 4) is 0 Å². The van der Waals surface area contributed by atoms with Gasteiger partial charge in [-0.2, -0.15) is 0 Å². The smallest absolute Gasteiger partial charge is 0.240 e. The van der Waals surface area contributed by atoms with E-state index >= 15 is 0 Å². The van der Waals surface area contributed by atoms with E-state index in [1.54, 1.807) is 0 Å². The molecular formula is C16H26N4O2. The normalized spacial score (nSPS) is 13.4. The summed E-state index contributed by atoms with van der Waals surface area (Å²) in [4.78, 5) is 23.6. The molecule has 22 heavy (non-hydrogen) atoms. The standard InChI is InChI=1S/C16H26N4O2/c1-19-10-6-5-9-13(17)16(22)20-14(15(18)21)11-12-7-3-2-4-8-12/h2-4,7-8,13-14,19H,5-6,9-11,17H2,1H3,(H2,18,21)(H,20,22)/t13-,14-/m0/s1. The van der Waals surface area contributed by atoms with Crippen LogP contribution in [0.1, 0.15) is 24.8 Å². The van der Waals surface area contributed by atoms with Gasteiger partial charge in [-0.3, -0.25) is 9.59 Å². The van der Waals surface area contributed by atoms with E-state index in [-0.39, 0.29) is 5.91 Å². The molecule has 0 heterocycles. The molecule has 0 radical (unpaired) electrons. The van der Waals surface area contributed by atoms with Crippen LogP contribution in [0.4, 0.5) is 0 Å². The number of nitrogens with two attached hydrogens (primary N) is 2. The molecule has 0 saturated heterocycles. The Morgan fingerprint density at radius 1 is 1.18 bits per heavy atom.